The zero-order valence-electron chi connectivity index (χ0n) is 9.89. The first kappa shape index (κ1) is 10.3. The zero-order valence-corrected chi connectivity index (χ0v) is 9.89. The number of aromatic nitrogens is 2. The lowest BCUT2D eigenvalue weighted by molar-refractivity contribution is 0.419. The number of hydrogen-bond acceptors (Lipinski definition) is 4. The van der Waals surface area contributed by atoms with Crippen LogP contribution in [-0.2, 0) is 0 Å². The Bertz CT molecular complexity index is 535. The van der Waals surface area contributed by atoms with Crippen molar-refractivity contribution in [3.63, 3.8) is 0 Å². The van der Waals surface area contributed by atoms with E-state index in [4.69, 9.17) is 4.74 Å². The minimum Gasteiger partial charge on any atom is -0.496 e. The van der Waals surface area contributed by atoms with Gasteiger partial charge in [-0.25, -0.2) is 9.97 Å². The molecule has 88 valence electrons. The Morgan fingerprint density at radius 3 is 2.82 bits per heavy atom. The Hall–Kier alpha value is -1.84. The molecule has 1 aromatic carbocycles. The molecule has 1 fully saturated rings. The van der Waals surface area contributed by atoms with E-state index in [1.807, 2.05) is 24.4 Å². The van der Waals surface area contributed by atoms with Gasteiger partial charge >= 0.3 is 0 Å². The molecule has 0 aliphatic carbocycles. The summed E-state index contributed by atoms with van der Waals surface area (Å²) in [6, 6.07) is 5.89. The number of nitrogens with zero attached hydrogens (tertiary/aromatic N) is 3. The van der Waals surface area contributed by atoms with Gasteiger partial charge in [0.1, 0.15) is 5.75 Å². The third-order valence-corrected chi connectivity index (χ3v) is 3.18. The number of methoxy groups -OCH3 is 1. The third-order valence-electron chi connectivity index (χ3n) is 3.18. The molecule has 0 unspecified atom stereocenters. The van der Waals surface area contributed by atoms with E-state index in [0.29, 0.717) is 0 Å². The van der Waals surface area contributed by atoms with Crippen molar-refractivity contribution >= 4 is 16.9 Å². The number of hydrogen-bond donors (Lipinski definition) is 0. The number of anilines is 1. The van der Waals surface area contributed by atoms with Crippen LogP contribution in [0.1, 0.15) is 12.8 Å². The van der Waals surface area contributed by atoms with Gasteiger partial charge in [0.05, 0.1) is 18.0 Å². The molecule has 0 atom stereocenters. The lowest BCUT2D eigenvalue weighted by atomic mass is 10.2. The van der Waals surface area contributed by atoms with E-state index < -0.39 is 0 Å². The maximum absolute atomic E-state index is 5.30. The fourth-order valence-corrected chi connectivity index (χ4v) is 2.27. The molecule has 1 saturated heterocycles. The van der Waals surface area contributed by atoms with Crippen molar-refractivity contribution in [1.82, 2.24) is 9.97 Å². The minimum absolute atomic E-state index is 0.829. The maximum Gasteiger partial charge on any atom is 0.225 e. The molecule has 4 nitrogen and oxygen atoms in total. The molecule has 17 heavy (non-hydrogen) atoms. The van der Waals surface area contributed by atoms with Gasteiger partial charge < -0.3 is 9.64 Å². The van der Waals surface area contributed by atoms with Gasteiger partial charge in [0, 0.05) is 19.3 Å². The predicted molar refractivity (Wildman–Crippen MR) is 67.5 cm³/mol. The second-order valence-electron chi connectivity index (χ2n) is 4.26. The van der Waals surface area contributed by atoms with Crippen molar-refractivity contribution in [2.75, 3.05) is 25.1 Å². The number of rotatable bonds is 2. The Balaban J connectivity index is 2.07. The van der Waals surface area contributed by atoms with Gasteiger partial charge in [-0.2, -0.15) is 0 Å². The van der Waals surface area contributed by atoms with Crippen molar-refractivity contribution in [2.45, 2.75) is 12.8 Å². The highest BCUT2D eigenvalue weighted by molar-refractivity contribution is 5.85. The molecule has 0 amide bonds. The van der Waals surface area contributed by atoms with E-state index >= 15 is 0 Å². The van der Waals surface area contributed by atoms with E-state index in [1.54, 1.807) is 7.11 Å². The highest BCUT2D eigenvalue weighted by atomic mass is 16.5. The molecule has 0 saturated carbocycles. The molecule has 3 rings (SSSR count). The highest BCUT2D eigenvalue weighted by Crippen LogP contribution is 2.25. The summed E-state index contributed by atoms with van der Waals surface area (Å²) in [6.45, 7) is 2.13. The summed E-state index contributed by atoms with van der Waals surface area (Å²) in [6.07, 6.45) is 4.33. The monoisotopic (exact) mass is 229 g/mol. The molecule has 2 heterocycles. The van der Waals surface area contributed by atoms with E-state index in [1.165, 1.54) is 12.8 Å². The van der Waals surface area contributed by atoms with Crippen LogP contribution >= 0.6 is 0 Å². The van der Waals surface area contributed by atoms with E-state index in [9.17, 15) is 0 Å². The van der Waals surface area contributed by atoms with Crippen LogP contribution in [0, 0.1) is 0 Å². The Morgan fingerprint density at radius 2 is 2.06 bits per heavy atom. The SMILES string of the molecule is COc1cccc2nc(N3CCCC3)ncc12. The van der Waals surface area contributed by atoms with Gasteiger partial charge in [-0.3, -0.25) is 0 Å². The molecule has 2 aromatic rings. The summed E-state index contributed by atoms with van der Waals surface area (Å²) < 4.78 is 5.30. The van der Waals surface area contributed by atoms with Crippen molar-refractivity contribution in [1.29, 1.82) is 0 Å². The van der Waals surface area contributed by atoms with Crippen LogP contribution in [0.4, 0.5) is 5.95 Å². The standard InChI is InChI=1S/C13H15N3O/c1-17-12-6-4-5-11-10(12)9-14-13(15-11)16-7-2-3-8-16/h4-6,9H,2-3,7-8H2,1H3. The van der Waals surface area contributed by atoms with Gasteiger partial charge in [0.2, 0.25) is 5.95 Å². The molecule has 1 aliphatic rings. The van der Waals surface area contributed by atoms with Gasteiger partial charge in [-0.15, -0.1) is 0 Å². The van der Waals surface area contributed by atoms with E-state index in [-0.39, 0.29) is 0 Å². The average molecular weight is 229 g/mol. The summed E-state index contributed by atoms with van der Waals surface area (Å²) in [4.78, 5) is 11.3. The Labute approximate surface area is 100 Å². The second kappa shape index (κ2) is 4.20. The van der Waals surface area contributed by atoms with E-state index in [0.717, 1.165) is 35.7 Å². The topological polar surface area (TPSA) is 38.2 Å². The molecule has 1 aliphatic heterocycles. The zero-order chi connectivity index (χ0) is 11.7. The molecule has 1 aromatic heterocycles. The van der Waals surface area contributed by atoms with Crippen molar-refractivity contribution < 1.29 is 4.74 Å². The third kappa shape index (κ3) is 1.79. The number of fused-ring (bicyclic) bond motifs is 1. The molecule has 0 N–H and O–H groups in total. The van der Waals surface area contributed by atoms with Crippen molar-refractivity contribution in [3.05, 3.63) is 24.4 Å². The fraction of sp³-hybridized carbons (Fsp3) is 0.385. The van der Waals surface area contributed by atoms with Crippen LogP contribution in [0.15, 0.2) is 24.4 Å². The fourth-order valence-electron chi connectivity index (χ4n) is 2.27. The maximum atomic E-state index is 5.30. The highest BCUT2D eigenvalue weighted by Gasteiger charge is 2.15. The minimum atomic E-state index is 0.829. The number of ether oxygens (including phenoxy) is 1. The van der Waals surface area contributed by atoms with Gasteiger partial charge in [-0.05, 0) is 25.0 Å². The molecular formula is C13H15N3O. The molecule has 4 heteroatoms. The van der Waals surface area contributed by atoms with E-state index in [2.05, 4.69) is 14.9 Å². The summed E-state index contributed by atoms with van der Waals surface area (Å²) in [5.74, 6) is 1.67. The lowest BCUT2D eigenvalue weighted by Gasteiger charge is -2.15. The molecule has 0 spiro atoms. The van der Waals surface area contributed by atoms with Crippen LogP contribution in [0.3, 0.4) is 0 Å². The average Bonchev–Trinajstić information content (AvgIpc) is 2.91. The summed E-state index contributed by atoms with van der Waals surface area (Å²) in [7, 11) is 1.67. The number of benzene rings is 1. The molecule has 0 radical (unpaired) electrons. The first-order valence-electron chi connectivity index (χ1n) is 5.93. The van der Waals surface area contributed by atoms with Crippen LogP contribution in [0.2, 0.25) is 0 Å². The van der Waals surface area contributed by atoms with Crippen LogP contribution < -0.4 is 9.64 Å². The van der Waals surface area contributed by atoms with Crippen LogP contribution in [0.25, 0.3) is 10.9 Å². The van der Waals surface area contributed by atoms with Crippen LogP contribution in [0.5, 0.6) is 5.75 Å². The molecular weight excluding hydrogens is 214 g/mol. The first-order chi connectivity index (χ1) is 8.38. The van der Waals surface area contributed by atoms with Gasteiger partial charge in [-0.1, -0.05) is 6.07 Å². The van der Waals surface area contributed by atoms with Crippen molar-refractivity contribution in [3.8, 4) is 5.75 Å². The Morgan fingerprint density at radius 1 is 1.24 bits per heavy atom. The second-order valence-corrected chi connectivity index (χ2v) is 4.26. The smallest absolute Gasteiger partial charge is 0.225 e. The summed E-state index contributed by atoms with van der Waals surface area (Å²) >= 11 is 0. The largest absolute Gasteiger partial charge is 0.496 e. The van der Waals surface area contributed by atoms with Gasteiger partial charge in [0.15, 0.2) is 0 Å². The van der Waals surface area contributed by atoms with Crippen LogP contribution in [-0.4, -0.2) is 30.2 Å². The van der Waals surface area contributed by atoms with Crippen molar-refractivity contribution in [2.24, 2.45) is 0 Å². The lowest BCUT2D eigenvalue weighted by Crippen LogP contribution is -2.20. The first-order valence-corrected chi connectivity index (χ1v) is 5.93. The van der Waals surface area contributed by atoms with Gasteiger partial charge in [0.25, 0.3) is 0 Å². The summed E-state index contributed by atoms with van der Waals surface area (Å²) in [5.41, 5.74) is 0.946. The quantitative estimate of drug-likeness (QED) is 0.791. The Kier molecular flexibility index (Phi) is 2.55. The molecule has 0 bridgehead atoms. The predicted octanol–water partition coefficient (Wildman–Crippen LogP) is 2.24. The summed E-state index contributed by atoms with van der Waals surface area (Å²) in [5, 5.41) is 0.970. The normalized spacial score (nSPS) is 15.5.